The van der Waals surface area contributed by atoms with Gasteiger partial charge in [-0.3, -0.25) is 9.59 Å². The monoisotopic (exact) mass is 860 g/mol. The number of carbonyl (C=O) groups is 2. The Hall–Kier alpha value is -4.40. The summed E-state index contributed by atoms with van der Waals surface area (Å²) < 4.78 is 83.7. The molecule has 4 aromatic carbocycles. The molecule has 2 heterocycles. The van der Waals surface area contributed by atoms with Gasteiger partial charge in [-0.25, -0.2) is 0 Å². The Morgan fingerprint density at radius 3 is 1.65 bits per heavy atom. The standard InChI is InChI=1S/C22H25F3N2O.C21H22BrF3N2O2/c1-3-16-14-18(22(23,24)25)10-11-19(16)20(28)26-21(12-7-13-27(2)15-21)17-8-5-4-6-9-17;1-27-10-6-9-20(13-27,14-7-4-3-5-8-14)26-19(28)18-16(22)11-15(21(23,24)25)12-17(18)29-2/h4-6,8-11,14H,3,7,12-13,15H2,1-2H3,(H,26,28);3-5,7-8,11-12H,6,9-10,13H2,1-2H3,(H,26,28). The summed E-state index contributed by atoms with van der Waals surface area (Å²) in [6.07, 6.45) is -5.28. The van der Waals surface area contributed by atoms with E-state index in [1.807, 2.05) is 74.8 Å². The lowest BCUT2D eigenvalue weighted by Gasteiger charge is -2.42. The van der Waals surface area contributed by atoms with Crippen molar-refractivity contribution in [2.45, 2.75) is 62.5 Å². The van der Waals surface area contributed by atoms with E-state index in [4.69, 9.17) is 4.74 Å². The number of piperidine rings is 2. The third-order valence-corrected chi connectivity index (χ3v) is 11.2. The van der Waals surface area contributed by atoms with Gasteiger partial charge in [-0.1, -0.05) is 67.6 Å². The number of aryl methyl sites for hydroxylation is 1. The van der Waals surface area contributed by atoms with Crippen molar-refractivity contribution in [1.82, 2.24) is 20.4 Å². The second kappa shape index (κ2) is 18.0. The topological polar surface area (TPSA) is 73.9 Å². The lowest BCUT2D eigenvalue weighted by atomic mass is 9.82. The van der Waals surface area contributed by atoms with Crippen molar-refractivity contribution in [2.75, 3.05) is 47.4 Å². The molecule has 306 valence electrons. The van der Waals surface area contributed by atoms with Crippen molar-refractivity contribution in [1.29, 1.82) is 0 Å². The first-order chi connectivity index (χ1) is 26.9. The number of carbonyl (C=O) groups excluding carboxylic acids is 2. The largest absolute Gasteiger partial charge is 0.496 e. The Bertz CT molecular complexity index is 2010. The van der Waals surface area contributed by atoms with E-state index in [1.54, 1.807) is 6.92 Å². The van der Waals surface area contributed by atoms with E-state index in [-0.39, 0.29) is 21.7 Å². The highest BCUT2D eigenvalue weighted by Gasteiger charge is 2.41. The van der Waals surface area contributed by atoms with E-state index in [1.165, 1.54) is 13.2 Å². The summed E-state index contributed by atoms with van der Waals surface area (Å²) in [5.41, 5.74) is -0.0779. The van der Waals surface area contributed by atoms with Gasteiger partial charge >= 0.3 is 12.4 Å². The van der Waals surface area contributed by atoms with E-state index in [9.17, 15) is 35.9 Å². The zero-order valence-electron chi connectivity index (χ0n) is 32.3. The molecule has 0 spiro atoms. The number of halogens is 7. The summed E-state index contributed by atoms with van der Waals surface area (Å²) in [7, 11) is 5.25. The molecule has 2 unspecified atom stereocenters. The second-order valence-electron chi connectivity index (χ2n) is 14.7. The Labute approximate surface area is 337 Å². The number of benzene rings is 4. The molecular formula is C43H47BrF6N4O3. The van der Waals surface area contributed by atoms with Crippen LogP contribution < -0.4 is 15.4 Å². The minimum Gasteiger partial charge on any atom is -0.496 e. The van der Waals surface area contributed by atoms with Gasteiger partial charge in [-0.05, 0) is 122 Å². The molecule has 57 heavy (non-hydrogen) atoms. The minimum atomic E-state index is -4.54. The van der Waals surface area contributed by atoms with Crippen LogP contribution in [0, 0.1) is 0 Å². The average molecular weight is 862 g/mol. The van der Waals surface area contributed by atoms with Gasteiger partial charge in [0.2, 0.25) is 0 Å². The zero-order chi connectivity index (χ0) is 41.6. The number of amides is 2. The van der Waals surface area contributed by atoms with Crippen molar-refractivity contribution in [3.05, 3.63) is 134 Å². The van der Waals surface area contributed by atoms with Gasteiger partial charge in [0, 0.05) is 23.1 Å². The molecular weight excluding hydrogens is 814 g/mol. The molecule has 0 saturated carbocycles. The van der Waals surface area contributed by atoms with Gasteiger partial charge < -0.3 is 25.2 Å². The highest BCUT2D eigenvalue weighted by molar-refractivity contribution is 9.10. The summed E-state index contributed by atoms with van der Waals surface area (Å²) in [4.78, 5) is 30.7. The molecule has 6 rings (SSSR count). The number of likely N-dealkylation sites (tertiary alicyclic amines) is 2. The van der Waals surface area contributed by atoms with Crippen molar-refractivity contribution < 1.29 is 40.7 Å². The van der Waals surface area contributed by atoms with E-state index < -0.39 is 40.5 Å². The van der Waals surface area contributed by atoms with Crippen LogP contribution in [0.2, 0.25) is 0 Å². The van der Waals surface area contributed by atoms with Crippen LogP contribution in [0.5, 0.6) is 5.75 Å². The fourth-order valence-electron chi connectivity index (χ4n) is 7.85. The fraction of sp³-hybridized carbons (Fsp3) is 0.395. The van der Waals surface area contributed by atoms with Gasteiger partial charge in [0.05, 0.1) is 34.9 Å². The van der Waals surface area contributed by atoms with Crippen LogP contribution in [0.25, 0.3) is 0 Å². The van der Waals surface area contributed by atoms with Crippen molar-refractivity contribution in [2.24, 2.45) is 0 Å². The van der Waals surface area contributed by atoms with E-state index >= 15 is 0 Å². The maximum absolute atomic E-state index is 13.2. The van der Waals surface area contributed by atoms with Crippen LogP contribution in [-0.2, 0) is 29.9 Å². The molecule has 4 aromatic rings. The first kappa shape index (κ1) is 43.7. The molecule has 2 saturated heterocycles. The van der Waals surface area contributed by atoms with Crippen LogP contribution in [0.1, 0.15) is 81.1 Å². The Kier molecular flexibility index (Phi) is 13.8. The predicted octanol–water partition coefficient (Wildman–Crippen LogP) is 9.45. The molecule has 2 amide bonds. The van der Waals surface area contributed by atoms with E-state index in [0.717, 1.165) is 74.2 Å². The number of hydrogen-bond acceptors (Lipinski definition) is 5. The van der Waals surface area contributed by atoms with Crippen LogP contribution in [0.4, 0.5) is 26.3 Å². The quantitative estimate of drug-likeness (QED) is 0.173. The molecule has 0 radical (unpaired) electrons. The molecule has 2 atom stereocenters. The molecule has 2 fully saturated rings. The Morgan fingerprint density at radius 2 is 1.21 bits per heavy atom. The first-order valence-corrected chi connectivity index (χ1v) is 19.5. The summed E-state index contributed by atoms with van der Waals surface area (Å²) in [6, 6.07) is 24.5. The third kappa shape index (κ3) is 10.4. The number of likely N-dealkylation sites (N-methyl/N-ethyl adjacent to an activating group) is 2. The number of nitrogens with zero attached hydrogens (tertiary/aromatic N) is 2. The summed E-state index contributed by atoms with van der Waals surface area (Å²) in [5, 5.41) is 6.26. The molecule has 14 heteroatoms. The smallest absolute Gasteiger partial charge is 0.416 e. The predicted molar refractivity (Wildman–Crippen MR) is 211 cm³/mol. The SMILES string of the molecule is CCc1cc(C(F)(F)F)ccc1C(=O)NC1(c2ccccc2)CCCN(C)C1.COc1cc(C(F)(F)F)cc(Br)c1C(=O)NC1(c2ccccc2)CCCN(C)C1. The number of rotatable bonds is 8. The van der Waals surface area contributed by atoms with Crippen molar-refractivity contribution in [3.8, 4) is 5.75 Å². The average Bonchev–Trinajstić information content (AvgIpc) is 3.17. The molecule has 2 aliphatic rings. The molecule has 0 aliphatic carbocycles. The number of ether oxygens (including phenoxy) is 1. The van der Waals surface area contributed by atoms with Gasteiger partial charge in [0.1, 0.15) is 5.75 Å². The maximum atomic E-state index is 13.2. The Balaban J connectivity index is 0.000000218. The highest BCUT2D eigenvalue weighted by Crippen LogP contribution is 2.39. The zero-order valence-corrected chi connectivity index (χ0v) is 33.9. The van der Waals surface area contributed by atoms with E-state index in [0.29, 0.717) is 30.6 Å². The van der Waals surface area contributed by atoms with Crippen LogP contribution in [0.15, 0.2) is 95.5 Å². The normalized spacial score (nSPS) is 20.5. The molecule has 0 bridgehead atoms. The van der Waals surface area contributed by atoms with Crippen LogP contribution >= 0.6 is 15.9 Å². The highest BCUT2D eigenvalue weighted by atomic mass is 79.9. The van der Waals surface area contributed by atoms with Gasteiger partial charge in [-0.2, -0.15) is 26.3 Å². The Morgan fingerprint density at radius 1 is 0.719 bits per heavy atom. The summed E-state index contributed by atoms with van der Waals surface area (Å²) >= 11 is 3.13. The fourth-order valence-corrected chi connectivity index (χ4v) is 8.47. The molecule has 2 N–H and O–H groups in total. The van der Waals surface area contributed by atoms with Crippen molar-refractivity contribution in [3.63, 3.8) is 0 Å². The lowest BCUT2D eigenvalue weighted by molar-refractivity contribution is -0.138. The number of nitrogens with one attached hydrogen (secondary N) is 2. The van der Waals surface area contributed by atoms with Gasteiger partial charge in [0.15, 0.2) is 0 Å². The summed E-state index contributed by atoms with van der Waals surface area (Å²) in [5.74, 6) is -0.942. The number of methoxy groups -OCH3 is 1. The van der Waals surface area contributed by atoms with Crippen LogP contribution in [0.3, 0.4) is 0 Å². The van der Waals surface area contributed by atoms with Gasteiger partial charge in [0.25, 0.3) is 11.8 Å². The first-order valence-electron chi connectivity index (χ1n) is 18.7. The van der Waals surface area contributed by atoms with Crippen molar-refractivity contribution >= 4 is 27.7 Å². The summed E-state index contributed by atoms with van der Waals surface area (Å²) in [6.45, 7) is 4.88. The molecule has 2 aliphatic heterocycles. The second-order valence-corrected chi connectivity index (χ2v) is 15.6. The molecule has 7 nitrogen and oxygen atoms in total. The van der Waals surface area contributed by atoms with E-state index in [2.05, 4.69) is 36.4 Å². The minimum absolute atomic E-state index is 0.0362. The third-order valence-electron chi connectivity index (χ3n) is 10.6. The van der Waals surface area contributed by atoms with Gasteiger partial charge in [-0.15, -0.1) is 0 Å². The number of hydrogen-bond donors (Lipinski definition) is 2. The lowest BCUT2D eigenvalue weighted by Crippen LogP contribution is -2.55. The molecule has 0 aromatic heterocycles. The van der Waals surface area contributed by atoms with Crippen LogP contribution in [-0.4, -0.2) is 69.0 Å². The number of alkyl halides is 6. The maximum Gasteiger partial charge on any atom is 0.416 e.